The van der Waals surface area contributed by atoms with Gasteiger partial charge in [-0.3, -0.25) is 0 Å². The van der Waals surface area contributed by atoms with E-state index in [1.54, 1.807) is 7.11 Å². The van der Waals surface area contributed by atoms with Crippen molar-refractivity contribution in [3.63, 3.8) is 0 Å². The van der Waals surface area contributed by atoms with Crippen LogP contribution in [-0.4, -0.2) is 13.7 Å². The van der Waals surface area contributed by atoms with Crippen molar-refractivity contribution in [3.8, 4) is 0 Å². The van der Waals surface area contributed by atoms with E-state index in [4.69, 9.17) is 4.74 Å². The van der Waals surface area contributed by atoms with Gasteiger partial charge in [-0.25, -0.2) is 0 Å². The quantitative estimate of drug-likeness (QED) is 0.579. The lowest BCUT2D eigenvalue weighted by Crippen LogP contribution is -2.11. The Bertz CT molecular complexity index is 62.4. The second kappa shape index (κ2) is 5.72. The molecule has 0 aliphatic heterocycles. The second-order valence-corrected chi connectivity index (χ2v) is 2.96. The summed E-state index contributed by atoms with van der Waals surface area (Å²) < 4.78 is 5.08. The maximum atomic E-state index is 5.08. The zero-order valence-corrected chi connectivity index (χ0v) is 6.23. The molecule has 1 aliphatic carbocycles. The van der Waals surface area contributed by atoms with E-state index in [-0.39, 0.29) is 7.43 Å². The molecule has 0 atom stereocenters. The first-order valence-corrected chi connectivity index (χ1v) is 3.92. The Balaban J connectivity index is 0.000000810. The number of methoxy groups -OCH3 is 1. The molecule has 1 heteroatoms. The molecule has 0 bridgehead atoms. The molecule has 1 saturated carbocycles. The third-order valence-electron chi connectivity index (χ3n) is 2.13. The molecule has 0 unspecified atom stereocenters. The van der Waals surface area contributed by atoms with Gasteiger partial charge in [0.25, 0.3) is 0 Å². The first-order valence-electron chi connectivity index (χ1n) is 3.92. The third kappa shape index (κ3) is 3.21. The van der Waals surface area contributed by atoms with Gasteiger partial charge in [-0.1, -0.05) is 26.7 Å². The van der Waals surface area contributed by atoms with Crippen molar-refractivity contribution in [3.05, 3.63) is 0 Å². The van der Waals surface area contributed by atoms with Gasteiger partial charge in [0.15, 0.2) is 0 Å². The van der Waals surface area contributed by atoms with Gasteiger partial charge in [-0.15, -0.1) is 0 Å². The van der Waals surface area contributed by atoms with Crippen LogP contribution in [0.15, 0.2) is 0 Å². The van der Waals surface area contributed by atoms with E-state index in [0.717, 1.165) is 12.5 Å². The molecule has 0 aromatic heterocycles. The average Bonchev–Trinajstić information content (AvgIpc) is 1.91. The summed E-state index contributed by atoms with van der Waals surface area (Å²) in [6.45, 7) is 0.986. The second-order valence-electron chi connectivity index (χ2n) is 2.96. The molecule has 0 aromatic rings. The van der Waals surface area contributed by atoms with Gasteiger partial charge >= 0.3 is 0 Å². The number of hydrogen-bond donors (Lipinski definition) is 0. The molecule has 0 N–H and O–H groups in total. The molecule has 0 heterocycles. The maximum absolute atomic E-state index is 5.08. The van der Waals surface area contributed by atoms with Gasteiger partial charge in [0.05, 0.1) is 0 Å². The van der Waals surface area contributed by atoms with Crippen LogP contribution < -0.4 is 0 Å². The number of hydrogen-bond acceptors (Lipinski definition) is 1. The number of ether oxygens (including phenoxy) is 1. The van der Waals surface area contributed by atoms with Crippen LogP contribution in [0.2, 0.25) is 0 Å². The molecule has 10 heavy (non-hydrogen) atoms. The summed E-state index contributed by atoms with van der Waals surface area (Å²) >= 11 is 0. The summed E-state index contributed by atoms with van der Waals surface area (Å²) in [5.41, 5.74) is 0. The van der Waals surface area contributed by atoms with Crippen molar-refractivity contribution >= 4 is 0 Å². The topological polar surface area (TPSA) is 9.23 Å². The molecule has 0 aromatic carbocycles. The summed E-state index contributed by atoms with van der Waals surface area (Å²) in [7, 11) is 1.80. The molecule has 1 nitrogen and oxygen atoms in total. The van der Waals surface area contributed by atoms with E-state index in [1.165, 1.54) is 32.1 Å². The van der Waals surface area contributed by atoms with Gasteiger partial charge in [0.1, 0.15) is 0 Å². The van der Waals surface area contributed by atoms with E-state index in [1.807, 2.05) is 0 Å². The van der Waals surface area contributed by atoms with Crippen molar-refractivity contribution < 1.29 is 4.74 Å². The molecular weight excluding hydrogens is 124 g/mol. The van der Waals surface area contributed by atoms with Gasteiger partial charge in [0, 0.05) is 13.7 Å². The molecule has 62 valence electrons. The fourth-order valence-corrected chi connectivity index (χ4v) is 1.59. The molecule has 0 spiro atoms. The minimum atomic E-state index is 0. The van der Waals surface area contributed by atoms with Crippen molar-refractivity contribution in [1.29, 1.82) is 0 Å². The Morgan fingerprint density at radius 1 is 1.20 bits per heavy atom. The van der Waals surface area contributed by atoms with E-state index in [2.05, 4.69) is 0 Å². The van der Waals surface area contributed by atoms with Crippen molar-refractivity contribution in [2.45, 2.75) is 39.5 Å². The zero-order chi connectivity index (χ0) is 6.53. The lowest BCUT2D eigenvalue weighted by molar-refractivity contribution is 0.131. The smallest absolute Gasteiger partial charge is 0.0490 e. The van der Waals surface area contributed by atoms with Crippen molar-refractivity contribution in [1.82, 2.24) is 0 Å². The third-order valence-corrected chi connectivity index (χ3v) is 2.13. The normalized spacial score (nSPS) is 20.1. The standard InChI is InChI=1S/C8H16O.CH4/c1-9-7-8-5-3-2-4-6-8;/h8H,2-7H2,1H3;1H4. The van der Waals surface area contributed by atoms with Gasteiger partial charge in [0.2, 0.25) is 0 Å². The molecule has 1 rings (SSSR count). The monoisotopic (exact) mass is 144 g/mol. The van der Waals surface area contributed by atoms with E-state index in [9.17, 15) is 0 Å². The van der Waals surface area contributed by atoms with Gasteiger partial charge < -0.3 is 4.74 Å². The summed E-state index contributed by atoms with van der Waals surface area (Å²) in [6, 6.07) is 0. The Kier molecular flexibility index (Phi) is 5.70. The van der Waals surface area contributed by atoms with Crippen LogP contribution in [0.3, 0.4) is 0 Å². The zero-order valence-electron chi connectivity index (χ0n) is 6.23. The summed E-state index contributed by atoms with van der Waals surface area (Å²) in [5, 5.41) is 0. The predicted octanol–water partition coefficient (Wildman–Crippen LogP) is 2.85. The van der Waals surface area contributed by atoms with Crippen LogP contribution in [0.1, 0.15) is 39.5 Å². The van der Waals surface area contributed by atoms with Crippen LogP contribution in [0.5, 0.6) is 0 Å². The van der Waals surface area contributed by atoms with Gasteiger partial charge in [-0.2, -0.15) is 0 Å². The van der Waals surface area contributed by atoms with Crippen molar-refractivity contribution in [2.75, 3.05) is 13.7 Å². The van der Waals surface area contributed by atoms with Crippen LogP contribution in [0.25, 0.3) is 0 Å². The Hall–Kier alpha value is -0.0400. The first-order chi connectivity index (χ1) is 4.43. The highest BCUT2D eigenvalue weighted by Crippen LogP contribution is 2.23. The summed E-state index contributed by atoms with van der Waals surface area (Å²) in [6.07, 6.45) is 7.09. The molecular formula is C9H20O. The van der Waals surface area contributed by atoms with Crippen LogP contribution >= 0.6 is 0 Å². The summed E-state index contributed by atoms with van der Waals surface area (Å²) in [4.78, 5) is 0. The maximum Gasteiger partial charge on any atom is 0.0490 e. The highest BCUT2D eigenvalue weighted by atomic mass is 16.5. The fourth-order valence-electron chi connectivity index (χ4n) is 1.59. The van der Waals surface area contributed by atoms with Gasteiger partial charge in [-0.05, 0) is 18.8 Å². The Labute approximate surface area is 64.8 Å². The minimum Gasteiger partial charge on any atom is -0.384 e. The average molecular weight is 144 g/mol. The van der Waals surface area contributed by atoms with E-state index < -0.39 is 0 Å². The highest BCUT2D eigenvalue weighted by molar-refractivity contribution is 4.64. The van der Waals surface area contributed by atoms with E-state index in [0.29, 0.717) is 0 Å². The Morgan fingerprint density at radius 3 is 2.30 bits per heavy atom. The predicted molar refractivity (Wildman–Crippen MR) is 45.2 cm³/mol. The highest BCUT2D eigenvalue weighted by Gasteiger charge is 2.11. The van der Waals surface area contributed by atoms with Crippen LogP contribution in [-0.2, 0) is 4.74 Å². The van der Waals surface area contributed by atoms with E-state index >= 15 is 0 Å². The lowest BCUT2D eigenvalue weighted by Gasteiger charge is -2.19. The minimum absolute atomic E-state index is 0. The van der Waals surface area contributed by atoms with Crippen molar-refractivity contribution in [2.24, 2.45) is 5.92 Å². The molecule has 1 fully saturated rings. The lowest BCUT2D eigenvalue weighted by atomic mass is 9.90. The molecule has 0 amide bonds. The SMILES string of the molecule is C.COCC1CCCCC1. The Morgan fingerprint density at radius 2 is 1.80 bits per heavy atom. The first kappa shape index (κ1) is 9.96. The molecule has 0 radical (unpaired) electrons. The van der Waals surface area contributed by atoms with Crippen LogP contribution in [0.4, 0.5) is 0 Å². The largest absolute Gasteiger partial charge is 0.384 e. The molecule has 1 aliphatic rings. The van der Waals surface area contributed by atoms with Crippen LogP contribution in [0, 0.1) is 5.92 Å². The summed E-state index contributed by atoms with van der Waals surface area (Å²) in [5.74, 6) is 0.878. The number of rotatable bonds is 2. The fraction of sp³-hybridized carbons (Fsp3) is 1.00. The molecule has 0 saturated heterocycles.